The van der Waals surface area contributed by atoms with Crippen LogP contribution in [-0.2, 0) is 22.7 Å². The van der Waals surface area contributed by atoms with Crippen molar-refractivity contribution in [3.05, 3.63) is 77.7 Å². The van der Waals surface area contributed by atoms with Gasteiger partial charge in [0.25, 0.3) is 5.91 Å². The van der Waals surface area contributed by atoms with Crippen molar-refractivity contribution in [3.8, 4) is 22.9 Å². The first-order chi connectivity index (χ1) is 20.4. The highest BCUT2D eigenvalue weighted by Gasteiger charge is 2.35. The molecule has 220 valence electrons. The summed E-state index contributed by atoms with van der Waals surface area (Å²) >= 11 is 0. The number of carbonyl (C=O) groups is 2. The molecule has 11 nitrogen and oxygen atoms in total. The molecule has 42 heavy (non-hydrogen) atoms. The van der Waals surface area contributed by atoms with E-state index in [1.807, 2.05) is 43.3 Å². The molecule has 0 saturated heterocycles. The molecule has 5 rings (SSSR count). The average Bonchev–Trinajstić information content (AvgIpc) is 3.66. The van der Waals surface area contributed by atoms with E-state index in [1.54, 1.807) is 38.5 Å². The molecule has 1 N–H and O–H groups in total. The zero-order valence-corrected chi connectivity index (χ0v) is 24.2. The number of benzene rings is 2. The Hall–Kier alpha value is -4.67. The number of amides is 2. The second-order valence-electron chi connectivity index (χ2n) is 10.4. The van der Waals surface area contributed by atoms with E-state index in [2.05, 4.69) is 20.7 Å². The minimum atomic E-state index is -0.986. The van der Waals surface area contributed by atoms with Crippen molar-refractivity contribution in [3.63, 3.8) is 0 Å². The number of furan rings is 1. The molecule has 2 amide bonds. The number of tetrazole rings is 1. The van der Waals surface area contributed by atoms with Gasteiger partial charge in [-0.15, -0.1) is 10.2 Å². The largest absolute Gasteiger partial charge is 0.497 e. The molecule has 0 radical (unpaired) electrons. The molecule has 1 aliphatic carbocycles. The van der Waals surface area contributed by atoms with E-state index in [0.717, 1.165) is 36.8 Å². The van der Waals surface area contributed by atoms with E-state index in [-0.39, 0.29) is 30.9 Å². The maximum atomic E-state index is 14.0. The van der Waals surface area contributed by atoms with Gasteiger partial charge in [0.05, 0.1) is 14.2 Å². The highest BCUT2D eigenvalue weighted by Crippen LogP contribution is 2.28. The van der Waals surface area contributed by atoms with Crippen molar-refractivity contribution in [2.45, 2.75) is 64.2 Å². The molecule has 0 unspecified atom stereocenters. The number of ether oxygens (including phenoxy) is 2. The lowest BCUT2D eigenvalue weighted by molar-refractivity contribution is -0.143. The minimum absolute atomic E-state index is 0.0618. The SMILES string of the molecule is COc1ccc(CN(C(=O)Cn2nnc(-c3ccc(OC)cc3)n2)[C@H](C(=O)NC2CCCCC2)c2ccc(C)o2)cc1. The monoisotopic (exact) mass is 572 g/mol. The summed E-state index contributed by atoms with van der Waals surface area (Å²) in [4.78, 5) is 30.7. The van der Waals surface area contributed by atoms with E-state index >= 15 is 0 Å². The Morgan fingerprint density at radius 1 is 0.976 bits per heavy atom. The molecule has 2 aromatic heterocycles. The number of nitrogens with one attached hydrogen (secondary N) is 1. The summed E-state index contributed by atoms with van der Waals surface area (Å²) < 4.78 is 16.5. The second-order valence-corrected chi connectivity index (χ2v) is 10.4. The van der Waals surface area contributed by atoms with E-state index in [0.29, 0.717) is 28.8 Å². The smallest absolute Gasteiger partial charge is 0.250 e. The van der Waals surface area contributed by atoms with Crippen LogP contribution in [0.1, 0.15) is 55.2 Å². The summed E-state index contributed by atoms with van der Waals surface area (Å²) in [5.41, 5.74) is 1.56. The Kier molecular flexibility index (Phi) is 9.15. The first-order valence-corrected chi connectivity index (χ1v) is 14.1. The number of rotatable bonds is 11. The fraction of sp³-hybridized carbons (Fsp3) is 0.387. The number of nitrogens with zero attached hydrogens (tertiary/aromatic N) is 5. The molecule has 1 atom stereocenters. The predicted molar refractivity (Wildman–Crippen MR) is 155 cm³/mol. The van der Waals surface area contributed by atoms with Crippen LogP contribution < -0.4 is 14.8 Å². The zero-order chi connectivity index (χ0) is 29.5. The third-order valence-corrected chi connectivity index (χ3v) is 7.45. The first kappa shape index (κ1) is 28.8. The molecule has 2 aromatic carbocycles. The first-order valence-electron chi connectivity index (χ1n) is 14.1. The summed E-state index contributed by atoms with van der Waals surface area (Å²) in [5.74, 6) is 2.20. The van der Waals surface area contributed by atoms with E-state index in [4.69, 9.17) is 13.9 Å². The highest BCUT2D eigenvalue weighted by atomic mass is 16.5. The quantitative estimate of drug-likeness (QED) is 0.279. The van der Waals surface area contributed by atoms with Crippen LogP contribution in [0.15, 0.2) is 65.1 Å². The molecule has 0 bridgehead atoms. The van der Waals surface area contributed by atoms with E-state index in [1.165, 1.54) is 16.1 Å². The summed E-state index contributed by atoms with van der Waals surface area (Å²) in [7, 11) is 3.20. The van der Waals surface area contributed by atoms with Gasteiger partial charge in [0.1, 0.15) is 29.6 Å². The molecule has 4 aromatic rings. The van der Waals surface area contributed by atoms with Crippen LogP contribution in [0.2, 0.25) is 0 Å². The van der Waals surface area contributed by atoms with Gasteiger partial charge in [0.2, 0.25) is 11.7 Å². The van der Waals surface area contributed by atoms with Gasteiger partial charge in [-0.2, -0.15) is 4.80 Å². The second kappa shape index (κ2) is 13.3. The molecular formula is C31H36N6O5. The van der Waals surface area contributed by atoms with Crippen LogP contribution in [0, 0.1) is 6.92 Å². The maximum absolute atomic E-state index is 14.0. The van der Waals surface area contributed by atoms with Gasteiger partial charge in [0.15, 0.2) is 6.04 Å². The Labute approximate surface area is 244 Å². The van der Waals surface area contributed by atoms with Crippen molar-refractivity contribution in [1.29, 1.82) is 0 Å². The van der Waals surface area contributed by atoms with Gasteiger partial charge in [-0.05, 0) is 79.1 Å². The summed E-state index contributed by atoms with van der Waals surface area (Å²) in [6.45, 7) is 1.76. The number of aryl methyl sites for hydroxylation is 1. The van der Waals surface area contributed by atoms with E-state index in [9.17, 15) is 9.59 Å². The molecule has 1 saturated carbocycles. The zero-order valence-electron chi connectivity index (χ0n) is 24.2. The van der Waals surface area contributed by atoms with Crippen molar-refractivity contribution >= 4 is 11.8 Å². The Morgan fingerprint density at radius 2 is 1.64 bits per heavy atom. The molecule has 0 aliphatic heterocycles. The molecule has 1 fully saturated rings. The van der Waals surface area contributed by atoms with Crippen LogP contribution in [0.4, 0.5) is 0 Å². The van der Waals surface area contributed by atoms with Crippen LogP contribution in [0.3, 0.4) is 0 Å². The van der Waals surface area contributed by atoms with Crippen molar-refractivity contribution in [1.82, 2.24) is 30.4 Å². The molecule has 11 heteroatoms. The maximum Gasteiger partial charge on any atom is 0.250 e. The number of hydrogen-bond donors (Lipinski definition) is 1. The van der Waals surface area contributed by atoms with Crippen molar-refractivity contribution in [2.24, 2.45) is 0 Å². The molecule has 0 spiro atoms. The lowest BCUT2D eigenvalue weighted by atomic mass is 9.95. The molecule has 2 heterocycles. The van der Waals surface area contributed by atoms with Crippen LogP contribution in [0.25, 0.3) is 11.4 Å². The highest BCUT2D eigenvalue weighted by molar-refractivity contribution is 5.88. The van der Waals surface area contributed by atoms with Crippen molar-refractivity contribution < 1.29 is 23.5 Å². The van der Waals surface area contributed by atoms with Gasteiger partial charge < -0.3 is 24.1 Å². The van der Waals surface area contributed by atoms with Crippen LogP contribution in [-0.4, -0.2) is 57.2 Å². The van der Waals surface area contributed by atoms with Crippen LogP contribution >= 0.6 is 0 Å². The number of methoxy groups -OCH3 is 2. The standard InChI is InChI=1S/C31H36N6O5/c1-21-9-18-27(42-21)29(31(39)32-24-7-5-4-6-8-24)36(19-22-10-14-25(40-2)15-11-22)28(38)20-37-34-30(33-35-37)23-12-16-26(41-3)17-13-23/h9-18,24,29H,4-8,19-20H2,1-3H3,(H,32,39)/t29-/m0/s1. The average molecular weight is 573 g/mol. The Balaban J connectivity index is 1.44. The third-order valence-electron chi connectivity index (χ3n) is 7.45. The third kappa shape index (κ3) is 6.96. The summed E-state index contributed by atoms with van der Waals surface area (Å²) in [5, 5.41) is 15.9. The van der Waals surface area contributed by atoms with Gasteiger partial charge >= 0.3 is 0 Å². The lowest BCUT2D eigenvalue weighted by Gasteiger charge is -2.32. The summed E-state index contributed by atoms with van der Waals surface area (Å²) in [6, 6.07) is 17.3. The van der Waals surface area contributed by atoms with Gasteiger partial charge in [-0.1, -0.05) is 31.4 Å². The molecule has 1 aliphatic rings. The van der Waals surface area contributed by atoms with E-state index < -0.39 is 6.04 Å². The fourth-order valence-electron chi connectivity index (χ4n) is 5.18. The lowest BCUT2D eigenvalue weighted by Crippen LogP contribution is -2.47. The van der Waals surface area contributed by atoms with Gasteiger partial charge in [-0.3, -0.25) is 9.59 Å². The van der Waals surface area contributed by atoms with Crippen molar-refractivity contribution in [2.75, 3.05) is 14.2 Å². The topological polar surface area (TPSA) is 125 Å². The summed E-state index contributed by atoms with van der Waals surface area (Å²) in [6.07, 6.45) is 5.13. The number of hydrogen-bond acceptors (Lipinski definition) is 8. The van der Waals surface area contributed by atoms with Crippen LogP contribution in [0.5, 0.6) is 11.5 Å². The van der Waals surface area contributed by atoms with Gasteiger partial charge in [-0.25, -0.2) is 0 Å². The minimum Gasteiger partial charge on any atom is -0.497 e. The predicted octanol–water partition coefficient (Wildman–Crippen LogP) is 4.48. The number of carbonyl (C=O) groups excluding carboxylic acids is 2. The Morgan fingerprint density at radius 3 is 2.26 bits per heavy atom. The fourth-order valence-corrected chi connectivity index (χ4v) is 5.18. The number of aromatic nitrogens is 4. The normalized spacial score (nSPS) is 14.3. The Bertz CT molecular complexity index is 1470. The molecular weight excluding hydrogens is 536 g/mol. The van der Waals surface area contributed by atoms with Gasteiger partial charge in [0, 0.05) is 18.2 Å².